The Hall–Kier alpha value is -0.870. The Bertz CT molecular complexity index is 659. The summed E-state index contributed by atoms with van der Waals surface area (Å²) >= 11 is 9.55. The highest BCUT2D eigenvalue weighted by Crippen LogP contribution is 2.33. The van der Waals surface area contributed by atoms with Crippen LogP contribution in [0.4, 0.5) is 0 Å². The SMILES string of the molecule is O=C(CN1C(=O)/C(=C/c2cccs2)SC1=S)N[C@H]1CSC[C@H]1O. The summed E-state index contributed by atoms with van der Waals surface area (Å²) in [5.41, 5.74) is 0. The van der Waals surface area contributed by atoms with E-state index in [9.17, 15) is 14.7 Å². The smallest absolute Gasteiger partial charge is 0.266 e. The van der Waals surface area contributed by atoms with Gasteiger partial charge in [0.2, 0.25) is 5.91 Å². The summed E-state index contributed by atoms with van der Waals surface area (Å²) in [6.07, 6.45) is 1.26. The van der Waals surface area contributed by atoms with E-state index in [4.69, 9.17) is 12.2 Å². The van der Waals surface area contributed by atoms with E-state index in [0.29, 0.717) is 20.7 Å². The first-order valence-corrected chi connectivity index (χ1v) is 10.1. The lowest BCUT2D eigenvalue weighted by Gasteiger charge is -2.18. The van der Waals surface area contributed by atoms with Crippen LogP contribution in [0.25, 0.3) is 6.08 Å². The molecule has 9 heteroatoms. The molecule has 0 bridgehead atoms. The summed E-state index contributed by atoms with van der Waals surface area (Å²) in [5.74, 6) is 0.759. The number of rotatable bonds is 4. The molecule has 23 heavy (non-hydrogen) atoms. The number of thioether (sulfide) groups is 2. The maximum absolute atomic E-state index is 12.4. The zero-order chi connectivity index (χ0) is 16.4. The highest BCUT2D eigenvalue weighted by Gasteiger charge is 2.34. The monoisotopic (exact) mass is 386 g/mol. The fourth-order valence-electron chi connectivity index (χ4n) is 2.22. The largest absolute Gasteiger partial charge is 0.390 e. The summed E-state index contributed by atoms with van der Waals surface area (Å²) in [7, 11) is 0. The van der Waals surface area contributed by atoms with Crippen molar-refractivity contribution in [3.05, 3.63) is 27.3 Å². The van der Waals surface area contributed by atoms with Crippen LogP contribution in [0.2, 0.25) is 0 Å². The van der Waals surface area contributed by atoms with E-state index in [0.717, 1.165) is 4.88 Å². The van der Waals surface area contributed by atoms with Crippen molar-refractivity contribution in [2.24, 2.45) is 0 Å². The number of hydrogen-bond donors (Lipinski definition) is 2. The Labute approximate surface area is 151 Å². The number of thiophene rings is 1. The van der Waals surface area contributed by atoms with E-state index >= 15 is 0 Å². The van der Waals surface area contributed by atoms with Gasteiger partial charge in [0.15, 0.2) is 0 Å². The van der Waals surface area contributed by atoms with Crippen molar-refractivity contribution in [2.75, 3.05) is 18.1 Å². The first kappa shape index (κ1) is 17.0. The third-order valence-electron chi connectivity index (χ3n) is 3.39. The molecule has 2 atom stereocenters. The van der Waals surface area contributed by atoms with Crippen LogP contribution in [0.3, 0.4) is 0 Å². The predicted octanol–water partition coefficient (Wildman–Crippen LogP) is 1.54. The molecule has 5 nitrogen and oxygen atoms in total. The molecule has 2 amide bonds. The van der Waals surface area contributed by atoms with E-state index in [2.05, 4.69) is 5.32 Å². The van der Waals surface area contributed by atoms with E-state index in [1.807, 2.05) is 17.5 Å². The minimum atomic E-state index is -0.533. The van der Waals surface area contributed by atoms with Crippen molar-refractivity contribution in [1.82, 2.24) is 10.2 Å². The summed E-state index contributed by atoms with van der Waals surface area (Å²) in [6, 6.07) is 3.58. The maximum Gasteiger partial charge on any atom is 0.266 e. The summed E-state index contributed by atoms with van der Waals surface area (Å²) in [6.45, 7) is -0.111. The highest BCUT2D eigenvalue weighted by atomic mass is 32.2. The molecule has 1 aromatic heterocycles. The third-order valence-corrected chi connectivity index (χ3v) is 6.76. The minimum Gasteiger partial charge on any atom is -0.390 e. The molecule has 0 spiro atoms. The van der Waals surface area contributed by atoms with Crippen molar-refractivity contribution in [3.63, 3.8) is 0 Å². The lowest BCUT2D eigenvalue weighted by atomic mass is 10.2. The molecule has 2 aliphatic rings. The van der Waals surface area contributed by atoms with Crippen molar-refractivity contribution >= 4 is 69.3 Å². The number of thiocarbonyl (C=S) groups is 1. The van der Waals surface area contributed by atoms with Gasteiger partial charge in [-0.05, 0) is 17.5 Å². The van der Waals surface area contributed by atoms with E-state index in [-0.39, 0.29) is 24.4 Å². The number of nitrogens with zero attached hydrogens (tertiary/aromatic N) is 1. The lowest BCUT2D eigenvalue weighted by molar-refractivity contribution is -0.129. The zero-order valence-electron chi connectivity index (χ0n) is 11.9. The zero-order valence-corrected chi connectivity index (χ0v) is 15.2. The number of hydrogen-bond acceptors (Lipinski definition) is 7. The van der Waals surface area contributed by atoms with E-state index in [1.54, 1.807) is 17.8 Å². The van der Waals surface area contributed by atoms with E-state index < -0.39 is 6.10 Å². The average Bonchev–Trinajstić information content (AvgIpc) is 3.20. The molecule has 3 rings (SSSR count). The molecule has 2 saturated heterocycles. The average molecular weight is 387 g/mol. The summed E-state index contributed by atoms with van der Waals surface area (Å²) < 4.78 is 0.384. The van der Waals surface area contributed by atoms with Crippen LogP contribution in [0, 0.1) is 0 Å². The van der Waals surface area contributed by atoms with Crippen molar-refractivity contribution < 1.29 is 14.7 Å². The summed E-state index contributed by atoms with van der Waals surface area (Å²) in [5, 5.41) is 14.4. The molecule has 0 unspecified atom stereocenters. The Morgan fingerprint density at radius 1 is 1.52 bits per heavy atom. The quantitative estimate of drug-likeness (QED) is 0.604. The second-order valence-corrected chi connectivity index (χ2v) is 8.79. The van der Waals surface area contributed by atoms with Crippen LogP contribution in [0.5, 0.6) is 0 Å². The van der Waals surface area contributed by atoms with Gasteiger partial charge in [0.25, 0.3) is 5.91 Å². The number of aliphatic hydroxyl groups is 1. The van der Waals surface area contributed by atoms with Crippen LogP contribution < -0.4 is 5.32 Å². The fraction of sp³-hybridized carbons (Fsp3) is 0.357. The van der Waals surface area contributed by atoms with Gasteiger partial charge in [-0.3, -0.25) is 14.5 Å². The van der Waals surface area contributed by atoms with Gasteiger partial charge < -0.3 is 10.4 Å². The molecule has 122 valence electrons. The van der Waals surface area contributed by atoms with Crippen LogP contribution in [-0.2, 0) is 9.59 Å². The van der Waals surface area contributed by atoms with Crippen molar-refractivity contribution in [1.29, 1.82) is 0 Å². The van der Waals surface area contributed by atoms with Gasteiger partial charge in [0.1, 0.15) is 10.9 Å². The Morgan fingerprint density at radius 3 is 3.00 bits per heavy atom. The minimum absolute atomic E-state index is 0.111. The summed E-state index contributed by atoms with van der Waals surface area (Å²) in [4.78, 5) is 27.3. The molecule has 1 aromatic rings. The Morgan fingerprint density at radius 2 is 2.35 bits per heavy atom. The van der Waals surface area contributed by atoms with Gasteiger partial charge in [-0.1, -0.05) is 30.0 Å². The number of nitrogens with one attached hydrogen (secondary N) is 1. The first-order chi connectivity index (χ1) is 11.0. The second-order valence-electron chi connectivity index (χ2n) is 5.06. The molecular weight excluding hydrogens is 372 g/mol. The molecule has 2 aliphatic heterocycles. The molecule has 2 N–H and O–H groups in total. The number of carbonyl (C=O) groups excluding carboxylic acids is 2. The fourth-order valence-corrected chi connectivity index (χ4v) is 5.36. The normalized spacial score (nSPS) is 26.3. The molecule has 0 radical (unpaired) electrons. The highest BCUT2D eigenvalue weighted by molar-refractivity contribution is 8.26. The van der Waals surface area contributed by atoms with Crippen molar-refractivity contribution in [3.8, 4) is 0 Å². The molecule has 3 heterocycles. The van der Waals surface area contributed by atoms with Gasteiger partial charge in [-0.2, -0.15) is 11.8 Å². The van der Waals surface area contributed by atoms with Crippen LogP contribution in [0.1, 0.15) is 4.88 Å². The van der Waals surface area contributed by atoms with Gasteiger partial charge in [-0.15, -0.1) is 11.3 Å². The molecule has 0 aromatic carbocycles. The first-order valence-electron chi connectivity index (χ1n) is 6.88. The van der Waals surface area contributed by atoms with Crippen LogP contribution in [-0.4, -0.2) is 56.3 Å². The second kappa shape index (κ2) is 7.35. The predicted molar refractivity (Wildman–Crippen MR) is 99.5 cm³/mol. The van der Waals surface area contributed by atoms with Gasteiger partial charge in [-0.25, -0.2) is 0 Å². The Kier molecular flexibility index (Phi) is 5.42. The molecular formula is C14H14N2O3S4. The van der Waals surface area contributed by atoms with Crippen LogP contribution in [0.15, 0.2) is 22.4 Å². The van der Waals surface area contributed by atoms with Crippen molar-refractivity contribution in [2.45, 2.75) is 12.1 Å². The number of carbonyl (C=O) groups is 2. The lowest BCUT2D eigenvalue weighted by Crippen LogP contribution is -2.47. The number of aliphatic hydroxyl groups excluding tert-OH is 1. The number of amides is 2. The van der Waals surface area contributed by atoms with Gasteiger partial charge in [0.05, 0.1) is 17.1 Å². The Balaban J connectivity index is 1.62. The van der Waals surface area contributed by atoms with Gasteiger partial charge in [0, 0.05) is 16.4 Å². The van der Waals surface area contributed by atoms with E-state index in [1.165, 1.54) is 28.0 Å². The molecule has 0 aliphatic carbocycles. The van der Waals surface area contributed by atoms with Crippen LogP contribution >= 0.6 is 47.1 Å². The molecule has 2 fully saturated rings. The van der Waals surface area contributed by atoms with Gasteiger partial charge >= 0.3 is 0 Å². The molecule has 0 saturated carbocycles. The maximum atomic E-state index is 12.4. The standard InChI is InChI=1S/C14H14N2O3S4/c17-10-7-21-6-9(10)15-12(18)5-16-13(19)11(23-14(16)20)4-8-2-1-3-22-8/h1-4,9-10,17H,5-7H2,(H,15,18)/b11-4-/t9-,10+/m0/s1. The topological polar surface area (TPSA) is 69.6 Å². The third kappa shape index (κ3) is 3.97.